The molecule has 2 aliphatic carbocycles. The minimum Gasteiger partial charge on any atom is -0.387 e. The van der Waals surface area contributed by atoms with E-state index < -0.39 is 6.10 Å². The van der Waals surface area contributed by atoms with Gasteiger partial charge in [-0.15, -0.1) is 0 Å². The van der Waals surface area contributed by atoms with Crippen LogP contribution < -0.4 is 0 Å². The third-order valence-electron chi connectivity index (χ3n) is 5.80. The van der Waals surface area contributed by atoms with Crippen LogP contribution >= 0.6 is 23.2 Å². The molecule has 0 amide bonds. The second kappa shape index (κ2) is 8.89. The van der Waals surface area contributed by atoms with Gasteiger partial charge in [0, 0.05) is 18.6 Å². The molecule has 134 valence electrons. The molecule has 1 unspecified atom stereocenters. The van der Waals surface area contributed by atoms with Gasteiger partial charge in [0.2, 0.25) is 0 Å². The van der Waals surface area contributed by atoms with Gasteiger partial charge in [-0.25, -0.2) is 0 Å². The number of aliphatic hydroxyl groups excluding tert-OH is 1. The van der Waals surface area contributed by atoms with Crippen LogP contribution in [0.2, 0.25) is 10.0 Å². The molecular weight excluding hydrogens is 341 g/mol. The Morgan fingerprint density at radius 2 is 1.42 bits per heavy atom. The molecule has 0 radical (unpaired) electrons. The summed E-state index contributed by atoms with van der Waals surface area (Å²) in [5.41, 5.74) is 0.876. The van der Waals surface area contributed by atoms with Gasteiger partial charge in [-0.05, 0) is 43.4 Å². The van der Waals surface area contributed by atoms with E-state index in [2.05, 4.69) is 4.90 Å². The standard InChI is InChI=1S/C20H29Cl2NO/c21-18-12-11-15(13-19(18)22)20(24)14-23(16-7-3-1-4-8-16)17-9-5-2-6-10-17/h11-13,16-17,20,24H,1-10,14H2. The fourth-order valence-electron chi connectivity index (χ4n) is 4.45. The first-order chi connectivity index (χ1) is 11.6. The van der Waals surface area contributed by atoms with E-state index in [1.54, 1.807) is 6.07 Å². The van der Waals surface area contributed by atoms with Crippen molar-refractivity contribution < 1.29 is 5.11 Å². The van der Waals surface area contributed by atoms with E-state index in [9.17, 15) is 5.11 Å². The van der Waals surface area contributed by atoms with Crippen molar-refractivity contribution in [2.45, 2.75) is 82.4 Å². The minimum atomic E-state index is -0.497. The van der Waals surface area contributed by atoms with Crippen LogP contribution in [0.1, 0.15) is 75.9 Å². The topological polar surface area (TPSA) is 23.5 Å². The zero-order chi connectivity index (χ0) is 16.9. The van der Waals surface area contributed by atoms with E-state index in [0.717, 1.165) is 5.56 Å². The van der Waals surface area contributed by atoms with Crippen molar-refractivity contribution in [1.29, 1.82) is 0 Å². The first-order valence-electron chi connectivity index (χ1n) is 9.54. The number of aliphatic hydroxyl groups is 1. The molecule has 3 rings (SSSR count). The quantitative estimate of drug-likeness (QED) is 0.688. The second-order valence-corrected chi connectivity index (χ2v) is 8.28. The van der Waals surface area contributed by atoms with E-state index >= 15 is 0 Å². The molecule has 24 heavy (non-hydrogen) atoms. The normalized spacial score (nSPS) is 22.0. The van der Waals surface area contributed by atoms with E-state index in [1.807, 2.05) is 12.1 Å². The second-order valence-electron chi connectivity index (χ2n) is 7.47. The SMILES string of the molecule is OC(CN(C1CCCCC1)C1CCCCC1)c1ccc(Cl)c(Cl)c1. The molecule has 2 nitrogen and oxygen atoms in total. The molecule has 0 aliphatic heterocycles. The maximum Gasteiger partial charge on any atom is 0.0917 e. The number of rotatable bonds is 5. The van der Waals surface area contributed by atoms with Crippen LogP contribution in [-0.4, -0.2) is 28.6 Å². The number of nitrogens with zero attached hydrogens (tertiary/aromatic N) is 1. The smallest absolute Gasteiger partial charge is 0.0917 e. The zero-order valence-electron chi connectivity index (χ0n) is 14.4. The third-order valence-corrected chi connectivity index (χ3v) is 6.54. The van der Waals surface area contributed by atoms with Gasteiger partial charge in [-0.1, -0.05) is 67.8 Å². The Hall–Kier alpha value is -0.280. The molecule has 1 aromatic rings. The van der Waals surface area contributed by atoms with Gasteiger partial charge in [0.25, 0.3) is 0 Å². The van der Waals surface area contributed by atoms with Crippen molar-refractivity contribution in [1.82, 2.24) is 4.90 Å². The van der Waals surface area contributed by atoms with E-state index in [4.69, 9.17) is 23.2 Å². The summed E-state index contributed by atoms with van der Waals surface area (Å²) >= 11 is 12.1. The lowest BCUT2D eigenvalue weighted by Gasteiger charge is -2.42. The van der Waals surface area contributed by atoms with Crippen LogP contribution in [0, 0.1) is 0 Å². The minimum absolute atomic E-state index is 0.497. The maximum atomic E-state index is 10.8. The average molecular weight is 370 g/mol. The first kappa shape index (κ1) is 18.5. The van der Waals surface area contributed by atoms with Crippen molar-refractivity contribution in [3.05, 3.63) is 33.8 Å². The summed E-state index contributed by atoms with van der Waals surface area (Å²) in [5, 5.41) is 11.9. The van der Waals surface area contributed by atoms with Crippen LogP contribution in [0.25, 0.3) is 0 Å². The molecular formula is C20H29Cl2NO. The summed E-state index contributed by atoms with van der Waals surface area (Å²) in [5.74, 6) is 0. The predicted octanol–water partition coefficient (Wildman–Crippen LogP) is 5.99. The number of hydrogen-bond donors (Lipinski definition) is 1. The van der Waals surface area contributed by atoms with E-state index in [-0.39, 0.29) is 0 Å². The monoisotopic (exact) mass is 369 g/mol. The lowest BCUT2D eigenvalue weighted by Crippen LogP contribution is -2.47. The summed E-state index contributed by atoms with van der Waals surface area (Å²) in [6.07, 6.45) is 12.7. The van der Waals surface area contributed by atoms with Gasteiger partial charge in [0.05, 0.1) is 16.1 Å². The summed E-state index contributed by atoms with van der Waals surface area (Å²) < 4.78 is 0. The van der Waals surface area contributed by atoms with Gasteiger partial charge in [0.15, 0.2) is 0 Å². The van der Waals surface area contributed by atoms with Crippen molar-refractivity contribution in [2.24, 2.45) is 0 Å². The molecule has 1 atom stereocenters. The van der Waals surface area contributed by atoms with Gasteiger partial charge >= 0.3 is 0 Å². The Bertz CT molecular complexity index is 506. The van der Waals surface area contributed by atoms with Gasteiger partial charge in [-0.3, -0.25) is 4.90 Å². The van der Waals surface area contributed by atoms with Crippen molar-refractivity contribution >= 4 is 23.2 Å². The van der Waals surface area contributed by atoms with Crippen LogP contribution in [0.3, 0.4) is 0 Å². The Balaban J connectivity index is 1.72. The van der Waals surface area contributed by atoms with E-state index in [0.29, 0.717) is 28.7 Å². The molecule has 2 saturated carbocycles. The zero-order valence-corrected chi connectivity index (χ0v) is 15.9. The maximum absolute atomic E-state index is 10.8. The molecule has 4 heteroatoms. The molecule has 0 heterocycles. The number of benzene rings is 1. The van der Waals surface area contributed by atoms with Gasteiger partial charge < -0.3 is 5.11 Å². The van der Waals surface area contributed by atoms with E-state index in [1.165, 1.54) is 64.2 Å². The summed E-state index contributed by atoms with van der Waals surface area (Å²) in [4.78, 5) is 2.63. The van der Waals surface area contributed by atoms with Crippen molar-refractivity contribution in [3.8, 4) is 0 Å². The molecule has 0 bridgehead atoms. The Kier molecular flexibility index (Phi) is 6.86. The van der Waals surface area contributed by atoms with Crippen LogP contribution in [-0.2, 0) is 0 Å². The molecule has 0 aromatic heterocycles. The highest BCUT2D eigenvalue weighted by Gasteiger charge is 2.30. The first-order valence-corrected chi connectivity index (χ1v) is 10.3. The molecule has 2 aliphatic rings. The molecule has 0 saturated heterocycles. The average Bonchev–Trinajstić information content (AvgIpc) is 2.63. The van der Waals surface area contributed by atoms with Crippen LogP contribution in [0.15, 0.2) is 18.2 Å². The third kappa shape index (κ3) is 4.66. The molecule has 1 N–H and O–H groups in total. The number of halogens is 2. The Morgan fingerprint density at radius 1 is 0.875 bits per heavy atom. The molecule has 2 fully saturated rings. The van der Waals surface area contributed by atoms with Gasteiger partial charge in [0.1, 0.15) is 0 Å². The highest BCUT2D eigenvalue weighted by Crippen LogP contribution is 2.33. The molecule has 1 aromatic carbocycles. The predicted molar refractivity (Wildman–Crippen MR) is 102 cm³/mol. The van der Waals surface area contributed by atoms with Crippen LogP contribution in [0.5, 0.6) is 0 Å². The summed E-state index contributed by atoms with van der Waals surface area (Å²) in [6, 6.07) is 6.78. The van der Waals surface area contributed by atoms with Crippen LogP contribution in [0.4, 0.5) is 0 Å². The lowest BCUT2D eigenvalue weighted by atomic mass is 9.88. The molecule has 0 spiro atoms. The Labute approximate surface area is 156 Å². The fraction of sp³-hybridized carbons (Fsp3) is 0.700. The Morgan fingerprint density at radius 3 is 1.92 bits per heavy atom. The summed E-state index contributed by atoms with van der Waals surface area (Å²) in [7, 11) is 0. The highest BCUT2D eigenvalue weighted by molar-refractivity contribution is 6.42. The van der Waals surface area contributed by atoms with Crippen molar-refractivity contribution in [3.63, 3.8) is 0 Å². The lowest BCUT2D eigenvalue weighted by molar-refractivity contribution is 0.0287. The largest absolute Gasteiger partial charge is 0.387 e. The fourth-order valence-corrected chi connectivity index (χ4v) is 4.75. The highest BCUT2D eigenvalue weighted by atomic mass is 35.5. The van der Waals surface area contributed by atoms with Gasteiger partial charge in [-0.2, -0.15) is 0 Å². The van der Waals surface area contributed by atoms with Crippen molar-refractivity contribution in [2.75, 3.05) is 6.54 Å². The number of hydrogen-bond acceptors (Lipinski definition) is 2. The summed E-state index contributed by atoms with van der Waals surface area (Å²) in [6.45, 7) is 0.716.